The average Bonchev–Trinajstić information content (AvgIpc) is 3.43. The number of carbonyl (C=O) groups excluding carboxylic acids is 2. The molecular weight excluding hydrogens is 466 g/mol. The first-order valence-electron chi connectivity index (χ1n) is 9.76. The number of nitrogens with one attached hydrogen (secondary N) is 1. The number of carbonyl (C=O) groups is 2. The zero-order valence-electron chi connectivity index (χ0n) is 18.5. The van der Waals surface area contributed by atoms with Gasteiger partial charge in [0.2, 0.25) is 15.8 Å². The van der Waals surface area contributed by atoms with E-state index in [4.69, 9.17) is 9.47 Å². The number of benzene rings is 1. The van der Waals surface area contributed by atoms with Crippen molar-refractivity contribution in [1.82, 2.24) is 14.3 Å². The molecule has 2 heterocycles. The fourth-order valence-corrected chi connectivity index (χ4v) is 4.89. The number of ketones is 1. The van der Waals surface area contributed by atoms with Crippen LogP contribution in [0, 0.1) is 13.8 Å². The molecule has 0 spiro atoms. The molecule has 2 aromatic heterocycles. The minimum Gasteiger partial charge on any atom is -0.495 e. The second-order valence-corrected chi connectivity index (χ2v) is 9.64. The number of aryl methyl sites for hydroxylation is 1. The fourth-order valence-electron chi connectivity index (χ4n) is 3.21. The molecule has 0 amide bonds. The summed E-state index contributed by atoms with van der Waals surface area (Å²) in [7, 11) is -1.10. The van der Waals surface area contributed by atoms with Crippen molar-refractivity contribution in [2.24, 2.45) is 0 Å². The van der Waals surface area contributed by atoms with Crippen LogP contribution in [0.4, 0.5) is 0 Å². The highest BCUT2D eigenvalue weighted by atomic mass is 32.2. The van der Waals surface area contributed by atoms with Gasteiger partial charge in [0.15, 0.2) is 11.7 Å². The van der Waals surface area contributed by atoms with Gasteiger partial charge in [0, 0.05) is 34.6 Å². The Balaban J connectivity index is 1.68. The lowest BCUT2D eigenvalue weighted by Gasteiger charge is -2.09. The summed E-state index contributed by atoms with van der Waals surface area (Å²) in [5.74, 6) is -0.893. The minimum absolute atomic E-state index is 0.0613. The van der Waals surface area contributed by atoms with Crippen molar-refractivity contribution in [3.63, 3.8) is 0 Å². The van der Waals surface area contributed by atoms with Gasteiger partial charge in [-0.2, -0.15) is 0 Å². The molecule has 1 aromatic carbocycles. The van der Waals surface area contributed by atoms with Gasteiger partial charge in [-0.1, -0.05) is 6.07 Å². The number of rotatable bonds is 9. The Morgan fingerprint density at radius 2 is 2.00 bits per heavy atom. The number of hydrogen-bond donors (Lipinski definition) is 1. The van der Waals surface area contributed by atoms with E-state index in [9.17, 15) is 18.0 Å². The van der Waals surface area contributed by atoms with Gasteiger partial charge >= 0.3 is 5.97 Å². The first-order valence-corrected chi connectivity index (χ1v) is 12.1. The predicted octanol–water partition coefficient (Wildman–Crippen LogP) is 2.91. The van der Waals surface area contributed by atoms with Crippen molar-refractivity contribution in [2.75, 3.05) is 20.8 Å². The highest BCUT2D eigenvalue weighted by Gasteiger charge is 2.19. The van der Waals surface area contributed by atoms with Gasteiger partial charge in [-0.05, 0) is 50.7 Å². The maximum atomic E-state index is 12.6. The summed E-state index contributed by atoms with van der Waals surface area (Å²) in [4.78, 5) is 29.0. The van der Waals surface area contributed by atoms with E-state index in [0.717, 1.165) is 22.6 Å². The number of nitrogens with zero attached hydrogens (tertiary/aromatic N) is 2. The predicted molar refractivity (Wildman–Crippen MR) is 124 cm³/mol. The summed E-state index contributed by atoms with van der Waals surface area (Å²) < 4.78 is 38.6. The van der Waals surface area contributed by atoms with Gasteiger partial charge in [0.05, 0.1) is 7.11 Å². The molecule has 33 heavy (non-hydrogen) atoms. The van der Waals surface area contributed by atoms with Crippen LogP contribution in [0.3, 0.4) is 0 Å². The normalized spacial score (nSPS) is 11.6. The maximum Gasteiger partial charge on any atom is 0.331 e. The maximum absolute atomic E-state index is 12.6. The molecule has 0 atom stereocenters. The number of thiazole rings is 1. The SMILES string of the molecule is CNS(=O)(=O)c1cc(/C=C/C(=O)OCC(=O)c2cc(C)n(-c3nccs3)c2C)ccc1OC. The van der Waals surface area contributed by atoms with Crippen LogP contribution in [0.2, 0.25) is 0 Å². The van der Waals surface area contributed by atoms with E-state index in [-0.39, 0.29) is 16.4 Å². The summed E-state index contributed by atoms with van der Waals surface area (Å²) in [6.45, 7) is 3.26. The van der Waals surface area contributed by atoms with E-state index in [1.165, 1.54) is 43.7 Å². The monoisotopic (exact) mass is 489 g/mol. The Kier molecular flexibility index (Phi) is 7.46. The Labute approximate surface area is 195 Å². The molecule has 3 aromatic rings. The molecule has 0 aliphatic carbocycles. The molecule has 0 aliphatic heterocycles. The highest BCUT2D eigenvalue weighted by Crippen LogP contribution is 2.25. The standard InChI is InChI=1S/C22H23N3O6S2/c1-14-11-17(15(2)25(14)22-24-9-10-32-22)18(26)13-31-21(27)8-6-16-5-7-19(30-4)20(12-16)33(28,29)23-3/h5-12,23H,13H2,1-4H3/b8-6+. The lowest BCUT2D eigenvalue weighted by atomic mass is 10.1. The first kappa shape index (κ1) is 24.4. The van der Waals surface area contributed by atoms with Gasteiger partial charge in [-0.3, -0.25) is 9.36 Å². The lowest BCUT2D eigenvalue weighted by Crippen LogP contribution is -2.19. The summed E-state index contributed by atoms with van der Waals surface area (Å²) in [6.07, 6.45) is 4.22. The highest BCUT2D eigenvalue weighted by molar-refractivity contribution is 7.89. The van der Waals surface area contributed by atoms with Crippen molar-refractivity contribution >= 4 is 39.2 Å². The molecule has 3 rings (SSSR count). The first-order chi connectivity index (χ1) is 15.7. The average molecular weight is 490 g/mol. The largest absolute Gasteiger partial charge is 0.495 e. The van der Waals surface area contributed by atoms with E-state index in [1.54, 1.807) is 18.3 Å². The van der Waals surface area contributed by atoms with Crippen LogP contribution in [0.25, 0.3) is 11.2 Å². The molecule has 0 radical (unpaired) electrons. The topological polar surface area (TPSA) is 117 Å². The van der Waals surface area contributed by atoms with Gasteiger partial charge in [0.1, 0.15) is 10.6 Å². The summed E-state index contributed by atoms with van der Waals surface area (Å²) >= 11 is 1.45. The molecule has 1 N–H and O–H groups in total. The summed E-state index contributed by atoms with van der Waals surface area (Å²) in [5, 5.41) is 2.60. The van der Waals surface area contributed by atoms with Crippen molar-refractivity contribution in [3.8, 4) is 10.9 Å². The van der Waals surface area contributed by atoms with E-state index in [1.807, 2.05) is 23.8 Å². The van der Waals surface area contributed by atoms with E-state index < -0.39 is 22.6 Å². The van der Waals surface area contributed by atoms with Crippen LogP contribution >= 0.6 is 11.3 Å². The summed E-state index contributed by atoms with van der Waals surface area (Å²) in [5.41, 5.74) is 2.47. The van der Waals surface area contributed by atoms with Crippen LogP contribution < -0.4 is 9.46 Å². The molecule has 0 bridgehead atoms. The second kappa shape index (κ2) is 10.1. The van der Waals surface area contributed by atoms with Crippen LogP contribution in [0.5, 0.6) is 5.75 Å². The molecule has 0 saturated heterocycles. The van der Waals surface area contributed by atoms with E-state index in [0.29, 0.717) is 11.1 Å². The van der Waals surface area contributed by atoms with Crippen molar-refractivity contribution < 1.29 is 27.5 Å². The van der Waals surface area contributed by atoms with Crippen molar-refractivity contribution in [3.05, 3.63) is 64.4 Å². The number of esters is 1. The Morgan fingerprint density at radius 3 is 2.64 bits per heavy atom. The molecule has 9 nitrogen and oxygen atoms in total. The number of Topliss-reactive ketones (excluding diaryl/α,β-unsaturated/α-hetero) is 1. The summed E-state index contributed by atoms with van der Waals surface area (Å²) in [6, 6.07) is 6.18. The number of aromatic nitrogens is 2. The molecule has 0 unspecified atom stereocenters. The molecule has 174 valence electrons. The van der Waals surface area contributed by atoms with Gasteiger partial charge in [0.25, 0.3) is 0 Å². The quantitative estimate of drug-likeness (QED) is 0.279. The van der Waals surface area contributed by atoms with E-state index in [2.05, 4.69) is 9.71 Å². The molecule has 0 saturated carbocycles. The number of sulfonamides is 1. The van der Waals surface area contributed by atoms with Crippen LogP contribution in [-0.2, 0) is 19.6 Å². The fraction of sp³-hybridized carbons (Fsp3) is 0.227. The van der Waals surface area contributed by atoms with E-state index >= 15 is 0 Å². The number of hydrogen-bond acceptors (Lipinski definition) is 8. The molecular formula is C22H23N3O6S2. The molecule has 0 fully saturated rings. The second-order valence-electron chi connectivity index (χ2n) is 6.92. The van der Waals surface area contributed by atoms with Crippen LogP contribution in [0.1, 0.15) is 27.3 Å². The third-order valence-corrected chi connectivity index (χ3v) is 7.04. The molecule has 0 aliphatic rings. The Bertz CT molecular complexity index is 1310. The van der Waals surface area contributed by atoms with Crippen LogP contribution in [-0.4, -0.2) is 50.5 Å². The van der Waals surface area contributed by atoms with Gasteiger partial charge in [-0.25, -0.2) is 22.9 Å². The van der Waals surface area contributed by atoms with Gasteiger partial charge in [-0.15, -0.1) is 11.3 Å². The van der Waals surface area contributed by atoms with Crippen molar-refractivity contribution in [2.45, 2.75) is 18.7 Å². The smallest absolute Gasteiger partial charge is 0.331 e. The lowest BCUT2D eigenvalue weighted by molar-refractivity contribution is -0.136. The minimum atomic E-state index is -3.75. The number of ether oxygens (including phenoxy) is 2. The third kappa shape index (κ3) is 5.38. The number of methoxy groups -OCH3 is 1. The van der Waals surface area contributed by atoms with Gasteiger partial charge < -0.3 is 9.47 Å². The zero-order valence-corrected chi connectivity index (χ0v) is 20.1. The van der Waals surface area contributed by atoms with Crippen molar-refractivity contribution in [1.29, 1.82) is 0 Å². The molecule has 11 heteroatoms. The Hall–Kier alpha value is -3.28. The van der Waals surface area contributed by atoms with Crippen LogP contribution in [0.15, 0.2) is 46.8 Å². The third-order valence-electron chi connectivity index (χ3n) is 4.85. The zero-order chi connectivity index (χ0) is 24.2. The Morgan fingerprint density at radius 1 is 1.24 bits per heavy atom.